The molecule has 0 amide bonds. The van der Waals surface area contributed by atoms with Gasteiger partial charge >= 0.3 is 0 Å². The first kappa shape index (κ1) is 12.3. The van der Waals surface area contributed by atoms with Crippen LogP contribution in [0.4, 0.5) is 0 Å². The molecule has 0 aliphatic heterocycles. The minimum atomic E-state index is -3.53. The van der Waals surface area contributed by atoms with Crippen LogP contribution in [0.25, 0.3) is 0 Å². The molecule has 1 aliphatic rings. The van der Waals surface area contributed by atoms with Gasteiger partial charge in [0.1, 0.15) is 5.76 Å². The molecule has 0 unspecified atom stereocenters. The van der Waals surface area contributed by atoms with Crippen LogP contribution in [0.1, 0.15) is 18.6 Å². The van der Waals surface area contributed by atoms with Gasteiger partial charge in [-0.2, -0.15) is 0 Å². The Balaban J connectivity index is 2.07. The fourth-order valence-electron chi connectivity index (χ4n) is 1.76. The zero-order chi connectivity index (χ0) is 12.3. The van der Waals surface area contributed by atoms with E-state index in [2.05, 4.69) is 10.0 Å². The summed E-state index contributed by atoms with van der Waals surface area (Å²) >= 11 is 0. The Morgan fingerprint density at radius 3 is 2.71 bits per heavy atom. The van der Waals surface area contributed by atoms with Crippen molar-refractivity contribution in [3.63, 3.8) is 0 Å². The van der Waals surface area contributed by atoms with Crippen LogP contribution in [0, 0.1) is 0 Å². The maximum atomic E-state index is 12.0. The predicted molar refractivity (Wildman–Crippen MR) is 64.0 cm³/mol. The van der Waals surface area contributed by atoms with E-state index in [0.29, 0.717) is 12.3 Å². The molecule has 5 nitrogen and oxygen atoms in total. The van der Waals surface area contributed by atoms with Gasteiger partial charge in [-0.1, -0.05) is 12.2 Å². The van der Waals surface area contributed by atoms with E-state index in [4.69, 9.17) is 4.42 Å². The van der Waals surface area contributed by atoms with Gasteiger partial charge in [0.05, 0.1) is 6.54 Å². The number of nitrogens with one attached hydrogen (secondary N) is 2. The number of hydrogen-bond acceptors (Lipinski definition) is 4. The molecule has 1 aliphatic carbocycles. The van der Waals surface area contributed by atoms with E-state index in [1.807, 2.05) is 12.2 Å². The molecule has 0 saturated carbocycles. The normalized spacial score (nSPS) is 16.8. The van der Waals surface area contributed by atoms with Crippen LogP contribution in [-0.4, -0.2) is 21.5 Å². The van der Waals surface area contributed by atoms with E-state index < -0.39 is 10.0 Å². The van der Waals surface area contributed by atoms with Crippen molar-refractivity contribution < 1.29 is 12.8 Å². The monoisotopic (exact) mass is 256 g/mol. The van der Waals surface area contributed by atoms with Gasteiger partial charge < -0.3 is 9.73 Å². The highest BCUT2D eigenvalue weighted by molar-refractivity contribution is 7.89. The van der Waals surface area contributed by atoms with Crippen LogP contribution >= 0.6 is 0 Å². The van der Waals surface area contributed by atoms with Crippen molar-refractivity contribution in [3.8, 4) is 0 Å². The summed E-state index contributed by atoms with van der Waals surface area (Å²) in [5.41, 5.74) is 0. The first-order valence-corrected chi connectivity index (χ1v) is 7.01. The van der Waals surface area contributed by atoms with Crippen LogP contribution in [0.5, 0.6) is 0 Å². The molecule has 17 heavy (non-hydrogen) atoms. The van der Waals surface area contributed by atoms with Gasteiger partial charge in [-0.3, -0.25) is 0 Å². The molecule has 94 valence electrons. The molecular weight excluding hydrogens is 240 g/mol. The minimum absolute atomic E-state index is 0.0188. The molecule has 2 N–H and O–H groups in total. The van der Waals surface area contributed by atoms with Crippen molar-refractivity contribution in [2.45, 2.75) is 30.5 Å². The maximum Gasteiger partial charge on any atom is 0.274 e. The average molecular weight is 256 g/mol. The van der Waals surface area contributed by atoms with Gasteiger partial charge in [0.25, 0.3) is 10.0 Å². The third-order valence-electron chi connectivity index (χ3n) is 2.58. The Bertz CT molecular complexity index is 497. The van der Waals surface area contributed by atoms with Gasteiger partial charge in [-0.05, 0) is 32.0 Å². The lowest BCUT2D eigenvalue weighted by Crippen LogP contribution is -2.32. The second-order valence-corrected chi connectivity index (χ2v) is 5.66. The van der Waals surface area contributed by atoms with Crippen molar-refractivity contribution in [2.75, 3.05) is 7.05 Å². The molecule has 0 bridgehead atoms. The number of rotatable bonds is 5. The summed E-state index contributed by atoms with van der Waals surface area (Å²) in [6.45, 7) is 0.514. The van der Waals surface area contributed by atoms with Crippen molar-refractivity contribution in [1.82, 2.24) is 10.0 Å². The molecule has 0 saturated heterocycles. The van der Waals surface area contributed by atoms with Gasteiger partial charge in [0, 0.05) is 6.04 Å². The van der Waals surface area contributed by atoms with Gasteiger partial charge in [-0.15, -0.1) is 0 Å². The zero-order valence-electron chi connectivity index (χ0n) is 9.64. The predicted octanol–water partition coefficient (Wildman–Crippen LogP) is 0.996. The van der Waals surface area contributed by atoms with E-state index >= 15 is 0 Å². The lowest BCUT2D eigenvalue weighted by molar-refractivity contribution is 0.402. The third kappa shape index (κ3) is 2.96. The second kappa shape index (κ2) is 5.03. The fraction of sp³-hybridized carbons (Fsp3) is 0.455. The van der Waals surface area contributed by atoms with Crippen molar-refractivity contribution in [2.24, 2.45) is 0 Å². The van der Waals surface area contributed by atoms with Crippen LogP contribution in [0.15, 0.2) is 33.8 Å². The first-order valence-electron chi connectivity index (χ1n) is 5.52. The van der Waals surface area contributed by atoms with E-state index in [9.17, 15) is 8.42 Å². The molecule has 0 aromatic carbocycles. The number of hydrogen-bond donors (Lipinski definition) is 2. The molecule has 0 fully saturated rings. The van der Waals surface area contributed by atoms with Crippen molar-refractivity contribution >= 4 is 10.0 Å². The van der Waals surface area contributed by atoms with Crippen molar-refractivity contribution in [1.29, 1.82) is 0 Å². The molecule has 2 rings (SSSR count). The Morgan fingerprint density at radius 1 is 1.35 bits per heavy atom. The van der Waals surface area contributed by atoms with Gasteiger partial charge in [0.15, 0.2) is 0 Å². The standard InChI is InChI=1S/C11H16N2O3S/c1-12-8-10-6-7-11(16-10)17(14,15)13-9-4-2-3-5-9/h2-3,6-7,9,12-13H,4-5,8H2,1H3. The van der Waals surface area contributed by atoms with Crippen LogP contribution in [0.3, 0.4) is 0 Å². The molecule has 1 heterocycles. The Labute approximate surface area is 101 Å². The zero-order valence-corrected chi connectivity index (χ0v) is 10.5. The Morgan fingerprint density at radius 2 is 2.06 bits per heavy atom. The quantitative estimate of drug-likeness (QED) is 0.771. The largest absolute Gasteiger partial charge is 0.447 e. The molecular formula is C11H16N2O3S. The Kier molecular flexibility index (Phi) is 3.66. The van der Waals surface area contributed by atoms with E-state index in [1.165, 1.54) is 6.07 Å². The maximum absolute atomic E-state index is 12.0. The molecule has 0 radical (unpaired) electrons. The fourth-order valence-corrected chi connectivity index (χ4v) is 2.97. The topological polar surface area (TPSA) is 71.3 Å². The minimum Gasteiger partial charge on any atom is -0.447 e. The SMILES string of the molecule is CNCc1ccc(S(=O)(=O)NC2CC=CC2)o1. The molecule has 0 spiro atoms. The first-order chi connectivity index (χ1) is 8.12. The summed E-state index contributed by atoms with van der Waals surface area (Å²) in [7, 11) is -1.75. The van der Waals surface area contributed by atoms with E-state index in [0.717, 1.165) is 12.8 Å². The molecule has 0 atom stereocenters. The smallest absolute Gasteiger partial charge is 0.274 e. The molecule has 1 aromatic rings. The lowest BCUT2D eigenvalue weighted by atomic mass is 10.3. The van der Waals surface area contributed by atoms with Crippen LogP contribution in [0.2, 0.25) is 0 Å². The van der Waals surface area contributed by atoms with Gasteiger partial charge in [0.2, 0.25) is 5.09 Å². The highest BCUT2D eigenvalue weighted by atomic mass is 32.2. The summed E-state index contributed by atoms with van der Waals surface area (Å²) in [6, 6.07) is 3.10. The molecule has 1 aromatic heterocycles. The van der Waals surface area contributed by atoms with Crippen LogP contribution in [-0.2, 0) is 16.6 Å². The highest BCUT2D eigenvalue weighted by Gasteiger charge is 2.23. The highest BCUT2D eigenvalue weighted by Crippen LogP contribution is 2.17. The number of furan rings is 1. The Hall–Kier alpha value is -1.11. The van der Waals surface area contributed by atoms with E-state index in [-0.39, 0.29) is 11.1 Å². The summed E-state index contributed by atoms with van der Waals surface area (Å²) in [5.74, 6) is 0.609. The average Bonchev–Trinajstić information content (AvgIpc) is 2.88. The lowest BCUT2D eigenvalue weighted by Gasteiger charge is -2.10. The molecule has 6 heteroatoms. The summed E-state index contributed by atoms with van der Waals surface area (Å²) in [6.07, 6.45) is 5.43. The summed E-state index contributed by atoms with van der Waals surface area (Å²) in [4.78, 5) is 0. The van der Waals surface area contributed by atoms with Crippen molar-refractivity contribution in [3.05, 3.63) is 30.0 Å². The second-order valence-electron chi connectivity index (χ2n) is 4.01. The summed E-state index contributed by atoms with van der Waals surface area (Å²) < 4.78 is 31.8. The van der Waals surface area contributed by atoms with Gasteiger partial charge in [-0.25, -0.2) is 13.1 Å². The number of sulfonamides is 1. The summed E-state index contributed by atoms with van der Waals surface area (Å²) in [5, 5.41) is 2.88. The van der Waals surface area contributed by atoms with E-state index in [1.54, 1.807) is 13.1 Å². The van der Waals surface area contributed by atoms with Crippen LogP contribution < -0.4 is 10.0 Å². The third-order valence-corrected chi connectivity index (χ3v) is 3.98.